The number of aliphatic imine (C=N–C) groups is 1. The molecule has 1 unspecified atom stereocenters. The molecule has 1 atom stereocenters. The molecule has 17 heavy (non-hydrogen) atoms. The van der Waals surface area contributed by atoms with Gasteiger partial charge in [-0.3, -0.25) is 4.79 Å². The first-order valence-electron chi connectivity index (χ1n) is 5.75. The molecule has 1 aromatic heterocycles. The summed E-state index contributed by atoms with van der Waals surface area (Å²) >= 11 is 3.45. The minimum atomic E-state index is 0.283. The predicted octanol–water partition coefficient (Wildman–Crippen LogP) is 3.61. The zero-order valence-electron chi connectivity index (χ0n) is 10.0. The van der Waals surface area contributed by atoms with E-state index in [2.05, 4.69) is 32.8 Å². The van der Waals surface area contributed by atoms with Crippen LogP contribution in [0.1, 0.15) is 31.7 Å². The number of nitrogens with zero attached hydrogens (tertiary/aromatic N) is 2. The third-order valence-electron chi connectivity index (χ3n) is 2.78. The third kappa shape index (κ3) is 3.22. The number of halogens is 1. The molecule has 4 heteroatoms. The second-order valence-electron chi connectivity index (χ2n) is 4.73. The van der Waals surface area contributed by atoms with Crippen LogP contribution in [0, 0.1) is 12.8 Å². The third-order valence-corrected chi connectivity index (χ3v) is 3.37. The molecule has 3 nitrogen and oxygen atoms in total. The van der Waals surface area contributed by atoms with Crippen LogP contribution in [-0.4, -0.2) is 16.5 Å². The molecule has 1 heterocycles. The molecule has 2 rings (SSSR count). The zero-order chi connectivity index (χ0) is 12.4. The van der Waals surface area contributed by atoms with Gasteiger partial charge in [-0.05, 0) is 46.8 Å². The lowest BCUT2D eigenvalue weighted by Crippen LogP contribution is -2.20. The van der Waals surface area contributed by atoms with Crippen LogP contribution < -0.4 is 0 Å². The van der Waals surface area contributed by atoms with Gasteiger partial charge >= 0.3 is 0 Å². The van der Waals surface area contributed by atoms with E-state index in [0.717, 1.165) is 22.2 Å². The molecule has 1 saturated carbocycles. The monoisotopic (exact) mass is 294 g/mol. The molecule has 0 saturated heterocycles. The van der Waals surface area contributed by atoms with E-state index < -0.39 is 0 Å². The Kier molecular flexibility index (Phi) is 3.72. The molecule has 0 aromatic carbocycles. The van der Waals surface area contributed by atoms with Crippen LogP contribution in [0.25, 0.3) is 0 Å². The summed E-state index contributed by atoms with van der Waals surface area (Å²) in [5, 5.41) is 0. The largest absolute Gasteiger partial charge is 0.299 e. The molecule has 0 aliphatic heterocycles. The average molecular weight is 295 g/mol. The molecular weight excluding hydrogens is 280 g/mol. The maximum Gasteiger partial charge on any atom is 0.166 e. The van der Waals surface area contributed by atoms with Gasteiger partial charge in [-0.2, -0.15) is 0 Å². The fourth-order valence-electron chi connectivity index (χ4n) is 2.08. The van der Waals surface area contributed by atoms with E-state index >= 15 is 0 Å². The van der Waals surface area contributed by atoms with Gasteiger partial charge in [0.25, 0.3) is 0 Å². The van der Waals surface area contributed by atoms with Crippen LogP contribution >= 0.6 is 15.9 Å². The van der Waals surface area contributed by atoms with Crippen LogP contribution in [0.15, 0.2) is 21.7 Å². The van der Waals surface area contributed by atoms with Crippen molar-refractivity contribution in [1.82, 2.24) is 4.98 Å². The lowest BCUT2D eigenvalue weighted by molar-refractivity contribution is -0.119. The number of hydrogen-bond donors (Lipinski definition) is 0. The Morgan fingerprint density at radius 3 is 2.88 bits per heavy atom. The summed E-state index contributed by atoms with van der Waals surface area (Å²) in [6.45, 7) is 4.07. The van der Waals surface area contributed by atoms with Crippen molar-refractivity contribution in [3.8, 4) is 0 Å². The highest BCUT2D eigenvalue weighted by Gasteiger charge is 2.21. The fraction of sp³-hybridized carbons (Fsp3) is 0.462. The second kappa shape index (κ2) is 5.08. The number of ketones is 1. The number of rotatable bonds is 1. The van der Waals surface area contributed by atoms with E-state index in [1.54, 1.807) is 6.20 Å². The molecule has 0 radical (unpaired) electrons. The molecule has 0 spiro atoms. The van der Waals surface area contributed by atoms with Gasteiger partial charge in [-0.1, -0.05) is 6.92 Å². The Morgan fingerprint density at radius 2 is 2.24 bits per heavy atom. The zero-order valence-corrected chi connectivity index (χ0v) is 11.6. The number of carbonyl (C=O) groups is 1. The smallest absolute Gasteiger partial charge is 0.166 e. The van der Waals surface area contributed by atoms with E-state index in [-0.39, 0.29) is 5.78 Å². The van der Waals surface area contributed by atoms with Gasteiger partial charge in [0.05, 0.1) is 4.47 Å². The summed E-state index contributed by atoms with van der Waals surface area (Å²) in [4.78, 5) is 20.3. The Bertz CT molecular complexity index is 482. The lowest BCUT2D eigenvalue weighted by Gasteiger charge is -2.18. The predicted molar refractivity (Wildman–Crippen MR) is 71.8 cm³/mol. The Labute approximate surface area is 109 Å². The molecule has 1 aliphatic carbocycles. The molecule has 0 bridgehead atoms. The summed E-state index contributed by atoms with van der Waals surface area (Å²) in [6.07, 6.45) is 3.85. The minimum Gasteiger partial charge on any atom is -0.299 e. The molecule has 1 aliphatic rings. The van der Waals surface area contributed by atoms with E-state index in [1.165, 1.54) is 0 Å². The van der Waals surface area contributed by atoms with E-state index in [1.807, 2.05) is 13.0 Å². The highest BCUT2D eigenvalue weighted by molar-refractivity contribution is 9.10. The molecule has 0 N–H and O–H groups in total. The molecule has 0 amide bonds. The van der Waals surface area contributed by atoms with Crippen molar-refractivity contribution < 1.29 is 4.79 Å². The first-order valence-corrected chi connectivity index (χ1v) is 6.54. The Balaban J connectivity index is 2.26. The van der Waals surface area contributed by atoms with E-state index in [0.29, 0.717) is 24.6 Å². The van der Waals surface area contributed by atoms with Crippen LogP contribution in [-0.2, 0) is 4.79 Å². The Morgan fingerprint density at radius 1 is 1.47 bits per heavy atom. The highest BCUT2D eigenvalue weighted by Crippen LogP contribution is 2.26. The first-order chi connectivity index (χ1) is 8.04. The van der Waals surface area contributed by atoms with Crippen molar-refractivity contribution in [3.63, 3.8) is 0 Å². The summed E-state index contributed by atoms with van der Waals surface area (Å²) in [6, 6.07) is 1.99. The second-order valence-corrected chi connectivity index (χ2v) is 5.58. The van der Waals surface area contributed by atoms with Gasteiger partial charge in [0.1, 0.15) is 5.78 Å². The molecule has 1 aromatic rings. The quantitative estimate of drug-likeness (QED) is 0.794. The summed E-state index contributed by atoms with van der Waals surface area (Å²) in [5.41, 5.74) is 2.04. The SMILES string of the molecule is Cc1cnc(N=C2CC(=O)CC(C)C2)c(Br)c1. The maximum absolute atomic E-state index is 11.5. The van der Waals surface area contributed by atoms with Crippen molar-refractivity contribution >= 4 is 33.2 Å². The van der Waals surface area contributed by atoms with Gasteiger partial charge in [0.15, 0.2) is 5.82 Å². The van der Waals surface area contributed by atoms with Gasteiger partial charge in [0, 0.05) is 24.8 Å². The number of carbonyl (C=O) groups excluding carboxylic acids is 1. The number of aromatic nitrogens is 1. The van der Waals surface area contributed by atoms with Crippen molar-refractivity contribution in [3.05, 3.63) is 22.3 Å². The van der Waals surface area contributed by atoms with Gasteiger partial charge in [-0.15, -0.1) is 0 Å². The van der Waals surface area contributed by atoms with E-state index in [4.69, 9.17) is 0 Å². The Hall–Kier alpha value is -1.03. The van der Waals surface area contributed by atoms with Crippen LogP contribution in [0.5, 0.6) is 0 Å². The van der Waals surface area contributed by atoms with Crippen molar-refractivity contribution in [2.75, 3.05) is 0 Å². The highest BCUT2D eigenvalue weighted by atomic mass is 79.9. The number of aryl methyl sites for hydroxylation is 1. The minimum absolute atomic E-state index is 0.283. The molecule has 1 fully saturated rings. The number of Topliss-reactive ketones (excluding diaryl/α,β-unsaturated/α-hetero) is 1. The van der Waals surface area contributed by atoms with Gasteiger partial charge < -0.3 is 0 Å². The number of hydrogen-bond acceptors (Lipinski definition) is 3. The van der Waals surface area contributed by atoms with Crippen LogP contribution in [0.2, 0.25) is 0 Å². The van der Waals surface area contributed by atoms with E-state index in [9.17, 15) is 4.79 Å². The lowest BCUT2D eigenvalue weighted by atomic mass is 9.88. The summed E-state index contributed by atoms with van der Waals surface area (Å²) in [7, 11) is 0. The topological polar surface area (TPSA) is 42.3 Å². The number of pyridine rings is 1. The van der Waals surface area contributed by atoms with Crippen molar-refractivity contribution in [2.24, 2.45) is 10.9 Å². The molecular formula is C13H15BrN2O. The van der Waals surface area contributed by atoms with Crippen LogP contribution in [0.3, 0.4) is 0 Å². The first kappa shape index (κ1) is 12.4. The normalized spacial score (nSPS) is 23.1. The van der Waals surface area contributed by atoms with Gasteiger partial charge in [-0.25, -0.2) is 9.98 Å². The average Bonchev–Trinajstić information content (AvgIpc) is 2.21. The summed E-state index contributed by atoms with van der Waals surface area (Å²) < 4.78 is 0.885. The van der Waals surface area contributed by atoms with Crippen LogP contribution in [0.4, 0.5) is 5.82 Å². The van der Waals surface area contributed by atoms with Crippen molar-refractivity contribution in [1.29, 1.82) is 0 Å². The van der Waals surface area contributed by atoms with Gasteiger partial charge in [0.2, 0.25) is 0 Å². The molecule has 90 valence electrons. The fourth-order valence-corrected chi connectivity index (χ4v) is 2.63. The standard InChI is InChI=1S/C13H15BrN2O/c1-8-3-10(6-11(17)4-8)16-13-12(14)5-9(2)7-15-13/h5,7-8H,3-4,6H2,1-2H3. The van der Waals surface area contributed by atoms with Crippen molar-refractivity contribution in [2.45, 2.75) is 33.1 Å². The summed E-state index contributed by atoms with van der Waals surface area (Å²) in [5.74, 6) is 1.36. The maximum atomic E-state index is 11.5.